The number of amides is 1. The van der Waals surface area contributed by atoms with E-state index in [0.29, 0.717) is 38.9 Å². The van der Waals surface area contributed by atoms with Gasteiger partial charge in [0.2, 0.25) is 26.0 Å². The molecule has 1 amide bonds. The van der Waals surface area contributed by atoms with E-state index in [1.807, 2.05) is 0 Å². The van der Waals surface area contributed by atoms with Crippen LogP contribution >= 0.6 is 0 Å². The first kappa shape index (κ1) is 19.6. The fraction of sp³-hybridized carbons (Fsp3) is 0.929. The van der Waals surface area contributed by atoms with Crippen molar-refractivity contribution in [1.29, 1.82) is 0 Å². The molecular weight excluding hydrogens is 354 g/mol. The fourth-order valence-corrected chi connectivity index (χ4v) is 6.10. The Labute approximate surface area is 144 Å². The highest BCUT2D eigenvalue weighted by atomic mass is 32.2. The summed E-state index contributed by atoms with van der Waals surface area (Å²) in [5.74, 6) is -0.0907. The van der Waals surface area contributed by atoms with E-state index < -0.39 is 26.1 Å². The lowest BCUT2D eigenvalue weighted by molar-refractivity contribution is -0.135. The second kappa shape index (κ2) is 7.67. The number of piperazine rings is 1. The molecule has 0 spiro atoms. The molecule has 140 valence electrons. The minimum atomic E-state index is -3.40. The molecule has 2 saturated heterocycles. The molecule has 2 aliphatic rings. The van der Waals surface area contributed by atoms with Crippen molar-refractivity contribution in [3.8, 4) is 0 Å². The van der Waals surface area contributed by atoms with Gasteiger partial charge in [0.1, 0.15) is 6.04 Å². The van der Waals surface area contributed by atoms with E-state index in [1.165, 1.54) is 8.61 Å². The van der Waals surface area contributed by atoms with Crippen LogP contribution in [-0.4, -0.2) is 86.5 Å². The molecule has 10 heteroatoms. The molecule has 1 atom stereocenters. The topological polar surface area (TPSA) is 95.1 Å². The van der Waals surface area contributed by atoms with Crippen LogP contribution in [0.1, 0.15) is 33.1 Å². The van der Waals surface area contributed by atoms with Crippen LogP contribution in [-0.2, 0) is 24.8 Å². The molecule has 1 unspecified atom stereocenters. The lowest BCUT2D eigenvalue weighted by atomic mass is 10.2. The van der Waals surface area contributed by atoms with Gasteiger partial charge in [-0.25, -0.2) is 16.8 Å². The smallest absolute Gasteiger partial charge is 0.241 e. The van der Waals surface area contributed by atoms with Gasteiger partial charge in [-0.05, 0) is 26.2 Å². The molecule has 0 aliphatic carbocycles. The van der Waals surface area contributed by atoms with Crippen LogP contribution in [0.25, 0.3) is 0 Å². The first-order chi connectivity index (χ1) is 11.2. The van der Waals surface area contributed by atoms with E-state index in [1.54, 1.807) is 18.7 Å². The second-order valence-electron chi connectivity index (χ2n) is 6.21. The number of rotatable bonds is 6. The van der Waals surface area contributed by atoms with E-state index >= 15 is 0 Å². The molecular formula is C14H27N3O5S2. The molecule has 0 aromatic carbocycles. The first-order valence-electron chi connectivity index (χ1n) is 8.49. The highest BCUT2D eigenvalue weighted by Gasteiger charge is 2.41. The van der Waals surface area contributed by atoms with Crippen molar-refractivity contribution in [3.05, 3.63) is 0 Å². The Kier molecular flexibility index (Phi) is 6.27. The van der Waals surface area contributed by atoms with Crippen molar-refractivity contribution in [1.82, 2.24) is 13.5 Å². The third-order valence-corrected chi connectivity index (χ3v) is 8.57. The van der Waals surface area contributed by atoms with Crippen LogP contribution < -0.4 is 0 Å². The summed E-state index contributed by atoms with van der Waals surface area (Å²) in [5.41, 5.74) is 0. The van der Waals surface area contributed by atoms with E-state index in [-0.39, 0.29) is 30.5 Å². The summed E-state index contributed by atoms with van der Waals surface area (Å²) in [5, 5.41) is 0. The molecule has 0 aromatic heterocycles. The van der Waals surface area contributed by atoms with Crippen molar-refractivity contribution in [2.75, 3.05) is 44.2 Å². The second-order valence-corrected chi connectivity index (χ2v) is 10.5. The van der Waals surface area contributed by atoms with Crippen molar-refractivity contribution in [2.45, 2.75) is 39.2 Å². The predicted molar refractivity (Wildman–Crippen MR) is 91.4 cm³/mol. The quantitative estimate of drug-likeness (QED) is 0.629. The van der Waals surface area contributed by atoms with Gasteiger partial charge in [0.15, 0.2) is 0 Å². The number of hydrogen-bond donors (Lipinski definition) is 0. The molecule has 8 nitrogen and oxygen atoms in total. The van der Waals surface area contributed by atoms with Crippen LogP contribution in [0.2, 0.25) is 0 Å². The molecule has 0 saturated carbocycles. The summed E-state index contributed by atoms with van der Waals surface area (Å²) in [6.07, 6.45) is 1.74. The summed E-state index contributed by atoms with van der Waals surface area (Å²) in [7, 11) is -6.64. The number of nitrogens with zero attached hydrogens (tertiary/aromatic N) is 3. The zero-order valence-corrected chi connectivity index (χ0v) is 16.0. The summed E-state index contributed by atoms with van der Waals surface area (Å²) in [4.78, 5) is 14.3. The zero-order chi connectivity index (χ0) is 18.0. The van der Waals surface area contributed by atoms with E-state index in [0.717, 1.165) is 0 Å². The molecule has 24 heavy (non-hydrogen) atoms. The molecule has 0 aromatic rings. The van der Waals surface area contributed by atoms with Crippen molar-refractivity contribution >= 4 is 26.0 Å². The maximum atomic E-state index is 12.7. The van der Waals surface area contributed by atoms with Crippen LogP contribution in [0.5, 0.6) is 0 Å². The molecule has 2 fully saturated rings. The van der Waals surface area contributed by atoms with Gasteiger partial charge in [-0.2, -0.15) is 8.61 Å². The summed E-state index contributed by atoms with van der Waals surface area (Å²) < 4.78 is 51.1. The van der Waals surface area contributed by atoms with Gasteiger partial charge in [-0.1, -0.05) is 6.92 Å². The summed E-state index contributed by atoms with van der Waals surface area (Å²) in [6, 6.07) is -0.629. The van der Waals surface area contributed by atoms with Gasteiger partial charge in [-0.3, -0.25) is 4.79 Å². The van der Waals surface area contributed by atoms with Gasteiger partial charge < -0.3 is 4.90 Å². The molecule has 0 bridgehead atoms. The molecule has 2 rings (SSSR count). The van der Waals surface area contributed by atoms with Gasteiger partial charge in [0, 0.05) is 32.7 Å². The lowest BCUT2D eigenvalue weighted by Crippen LogP contribution is -2.55. The standard InChI is InChI=1S/C14H27N3O5S2/c1-3-12-24(21,22)17-7-5-6-13(17)14(18)15-8-10-16(11-9-15)23(19,20)4-2/h13H,3-12H2,1-2H3. The average molecular weight is 382 g/mol. The van der Waals surface area contributed by atoms with E-state index in [2.05, 4.69) is 0 Å². The minimum Gasteiger partial charge on any atom is -0.339 e. The van der Waals surface area contributed by atoms with Crippen LogP contribution in [0.15, 0.2) is 0 Å². The Balaban J connectivity index is 2.02. The Morgan fingerprint density at radius 2 is 1.58 bits per heavy atom. The predicted octanol–water partition coefficient (Wildman–Crippen LogP) is -0.315. The third kappa shape index (κ3) is 4.09. The van der Waals surface area contributed by atoms with Crippen molar-refractivity contribution in [2.24, 2.45) is 0 Å². The Bertz CT molecular complexity index is 654. The van der Waals surface area contributed by atoms with Gasteiger partial charge >= 0.3 is 0 Å². The largest absolute Gasteiger partial charge is 0.339 e. The summed E-state index contributed by atoms with van der Waals surface area (Å²) >= 11 is 0. The van der Waals surface area contributed by atoms with E-state index in [9.17, 15) is 21.6 Å². The van der Waals surface area contributed by atoms with Crippen molar-refractivity contribution < 1.29 is 21.6 Å². The summed E-state index contributed by atoms with van der Waals surface area (Å²) in [6.45, 7) is 4.97. The highest BCUT2D eigenvalue weighted by molar-refractivity contribution is 7.89. The van der Waals surface area contributed by atoms with Gasteiger partial charge in [0.25, 0.3) is 0 Å². The molecule has 2 heterocycles. The van der Waals surface area contributed by atoms with Gasteiger partial charge in [0.05, 0.1) is 11.5 Å². The number of sulfonamides is 2. The Hall–Kier alpha value is -0.710. The van der Waals surface area contributed by atoms with Crippen LogP contribution in [0.4, 0.5) is 0 Å². The lowest BCUT2D eigenvalue weighted by Gasteiger charge is -2.36. The normalized spacial score (nSPS) is 24.4. The number of carbonyl (C=O) groups excluding carboxylic acids is 1. The van der Waals surface area contributed by atoms with E-state index in [4.69, 9.17) is 0 Å². The van der Waals surface area contributed by atoms with Crippen LogP contribution in [0.3, 0.4) is 0 Å². The van der Waals surface area contributed by atoms with Crippen molar-refractivity contribution in [3.63, 3.8) is 0 Å². The maximum Gasteiger partial charge on any atom is 0.241 e. The Morgan fingerprint density at radius 3 is 2.12 bits per heavy atom. The maximum absolute atomic E-state index is 12.7. The monoisotopic (exact) mass is 381 g/mol. The highest BCUT2D eigenvalue weighted by Crippen LogP contribution is 2.24. The number of carbonyl (C=O) groups is 1. The van der Waals surface area contributed by atoms with Gasteiger partial charge in [-0.15, -0.1) is 0 Å². The Morgan fingerprint density at radius 1 is 0.958 bits per heavy atom. The molecule has 2 aliphatic heterocycles. The number of hydrogen-bond acceptors (Lipinski definition) is 5. The fourth-order valence-electron chi connectivity index (χ4n) is 3.28. The SMILES string of the molecule is CCCS(=O)(=O)N1CCCC1C(=O)N1CCN(S(=O)(=O)CC)CC1. The zero-order valence-electron chi connectivity index (χ0n) is 14.3. The van der Waals surface area contributed by atoms with Crippen LogP contribution in [0, 0.1) is 0 Å². The molecule has 0 N–H and O–H groups in total. The average Bonchev–Trinajstić information content (AvgIpc) is 3.05. The minimum absolute atomic E-state index is 0.0482. The third-order valence-electron chi connectivity index (χ3n) is 4.62. The first-order valence-corrected chi connectivity index (χ1v) is 11.7. The molecule has 0 radical (unpaired) electrons.